The molecule has 3 rings (SSSR count). The Morgan fingerprint density at radius 1 is 1.10 bits per heavy atom. The molecule has 0 aliphatic carbocycles. The summed E-state index contributed by atoms with van der Waals surface area (Å²) in [5.74, 6) is -0.962. The molecule has 3 aromatic rings. The van der Waals surface area contributed by atoms with Crippen molar-refractivity contribution < 1.29 is 15.1 Å². The van der Waals surface area contributed by atoms with Crippen molar-refractivity contribution >= 4 is 23.3 Å². The van der Waals surface area contributed by atoms with Gasteiger partial charge in [-0.1, -0.05) is 47.1 Å². The van der Waals surface area contributed by atoms with Gasteiger partial charge in [0, 0.05) is 34.8 Å². The number of pyridine rings is 1. The standard InChI is InChI=1S/C24H23ClN2O3/c1-15-11-20(25)7-8-21(15)22(18-5-3-17(4-6-18)13-24(28)29)14-23(27-30)19-9-10-26-16(2)12-19/h3-12,22,30H,13-14H2,1-2H3,(H,28,29)/b27-23+/t22-/m1/s1. The second-order valence-electron chi connectivity index (χ2n) is 7.30. The summed E-state index contributed by atoms with van der Waals surface area (Å²) >= 11 is 6.16. The van der Waals surface area contributed by atoms with Gasteiger partial charge < -0.3 is 10.3 Å². The largest absolute Gasteiger partial charge is 0.481 e. The molecule has 0 aliphatic rings. The minimum absolute atomic E-state index is 0.0233. The van der Waals surface area contributed by atoms with Crippen LogP contribution in [0.1, 0.15) is 45.8 Å². The predicted molar refractivity (Wildman–Crippen MR) is 118 cm³/mol. The van der Waals surface area contributed by atoms with E-state index in [2.05, 4.69) is 10.1 Å². The molecule has 6 heteroatoms. The molecule has 0 fully saturated rings. The second kappa shape index (κ2) is 9.55. The molecule has 0 unspecified atom stereocenters. The number of nitrogens with zero attached hydrogens (tertiary/aromatic N) is 2. The van der Waals surface area contributed by atoms with Crippen molar-refractivity contribution in [2.45, 2.75) is 32.6 Å². The second-order valence-corrected chi connectivity index (χ2v) is 7.74. The van der Waals surface area contributed by atoms with Crippen molar-refractivity contribution in [1.29, 1.82) is 0 Å². The molecule has 2 N–H and O–H groups in total. The van der Waals surface area contributed by atoms with Crippen LogP contribution in [-0.2, 0) is 11.2 Å². The van der Waals surface area contributed by atoms with Crippen LogP contribution in [0.5, 0.6) is 0 Å². The number of hydrogen-bond acceptors (Lipinski definition) is 4. The maximum Gasteiger partial charge on any atom is 0.307 e. The van der Waals surface area contributed by atoms with E-state index in [4.69, 9.17) is 16.7 Å². The molecule has 1 heterocycles. The van der Waals surface area contributed by atoms with Gasteiger partial charge in [-0.25, -0.2) is 0 Å². The highest BCUT2D eigenvalue weighted by atomic mass is 35.5. The van der Waals surface area contributed by atoms with Crippen LogP contribution < -0.4 is 0 Å². The van der Waals surface area contributed by atoms with Crippen LogP contribution in [-0.4, -0.2) is 27.0 Å². The molecule has 0 radical (unpaired) electrons. The first-order valence-electron chi connectivity index (χ1n) is 9.58. The van der Waals surface area contributed by atoms with E-state index < -0.39 is 5.97 Å². The maximum absolute atomic E-state index is 11.0. The highest BCUT2D eigenvalue weighted by molar-refractivity contribution is 6.30. The number of aliphatic carboxylic acids is 1. The van der Waals surface area contributed by atoms with Gasteiger partial charge >= 0.3 is 5.97 Å². The van der Waals surface area contributed by atoms with E-state index in [1.165, 1.54) is 0 Å². The van der Waals surface area contributed by atoms with Crippen molar-refractivity contribution in [2.75, 3.05) is 0 Å². The Labute approximate surface area is 180 Å². The summed E-state index contributed by atoms with van der Waals surface area (Å²) in [4.78, 5) is 15.2. The Balaban J connectivity index is 2.02. The third-order valence-corrected chi connectivity index (χ3v) is 5.33. The molecule has 0 saturated carbocycles. The lowest BCUT2D eigenvalue weighted by Gasteiger charge is -2.21. The molecule has 1 atom stereocenters. The van der Waals surface area contributed by atoms with Gasteiger partial charge in [0.05, 0.1) is 12.1 Å². The number of rotatable bonds is 7. The van der Waals surface area contributed by atoms with Crippen molar-refractivity contribution in [1.82, 2.24) is 4.98 Å². The average Bonchev–Trinajstić information content (AvgIpc) is 2.70. The first kappa shape index (κ1) is 21.5. The third-order valence-electron chi connectivity index (χ3n) is 5.09. The average molecular weight is 423 g/mol. The molecule has 30 heavy (non-hydrogen) atoms. The fourth-order valence-corrected chi connectivity index (χ4v) is 3.84. The molecule has 154 valence electrons. The van der Waals surface area contributed by atoms with E-state index in [1.807, 2.05) is 68.4 Å². The van der Waals surface area contributed by atoms with Crippen LogP contribution in [0, 0.1) is 13.8 Å². The minimum atomic E-state index is -0.865. The number of oxime groups is 1. The van der Waals surface area contributed by atoms with Gasteiger partial charge in [-0.15, -0.1) is 0 Å². The molecule has 0 spiro atoms. The summed E-state index contributed by atoms with van der Waals surface area (Å²) in [7, 11) is 0. The molecule has 0 amide bonds. The number of benzene rings is 2. The van der Waals surface area contributed by atoms with E-state index in [-0.39, 0.29) is 12.3 Å². The first-order chi connectivity index (χ1) is 14.4. The number of hydrogen-bond donors (Lipinski definition) is 2. The topological polar surface area (TPSA) is 82.8 Å². The zero-order chi connectivity index (χ0) is 21.7. The van der Waals surface area contributed by atoms with E-state index in [9.17, 15) is 10.0 Å². The van der Waals surface area contributed by atoms with Crippen LogP contribution in [0.4, 0.5) is 0 Å². The summed E-state index contributed by atoms with van der Waals surface area (Å²) in [6.45, 7) is 3.89. The number of halogens is 1. The van der Waals surface area contributed by atoms with E-state index in [0.29, 0.717) is 17.2 Å². The molecule has 0 aliphatic heterocycles. The van der Waals surface area contributed by atoms with Crippen molar-refractivity contribution in [3.8, 4) is 0 Å². The van der Waals surface area contributed by atoms with Crippen molar-refractivity contribution in [3.05, 3.63) is 99.3 Å². The highest BCUT2D eigenvalue weighted by Gasteiger charge is 2.21. The quantitative estimate of drug-likeness (QED) is 0.304. The Kier molecular flexibility index (Phi) is 6.85. The fraction of sp³-hybridized carbons (Fsp3) is 0.208. The lowest BCUT2D eigenvalue weighted by atomic mass is 9.83. The van der Waals surface area contributed by atoms with Crippen LogP contribution >= 0.6 is 11.6 Å². The van der Waals surface area contributed by atoms with Gasteiger partial charge in [0.2, 0.25) is 0 Å². The fourth-order valence-electron chi connectivity index (χ4n) is 3.61. The lowest BCUT2D eigenvalue weighted by molar-refractivity contribution is -0.136. The zero-order valence-corrected chi connectivity index (χ0v) is 17.6. The summed E-state index contributed by atoms with van der Waals surface area (Å²) in [5, 5.41) is 23.0. The monoisotopic (exact) mass is 422 g/mol. The highest BCUT2D eigenvalue weighted by Crippen LogP contribution is 2.33. The molecular weight excluding hydrogens is 400 g/mol. The predicted octanol–water partition coefficient (Wildman–Crippen LogP) is 5.38. The van der Waals surface area contributed by atoms with Crippen LogP contribution in [0.2, 0.25) is 5.02 Å². The number of aryl methyl sites for hydroxylation is 2. The number of aromatic nitrogens is 1. The molecule has 0 saturated heterocycles. The number of carboxylic acids is 1. The Morgan fingerprint density at radius 3 is 2.43 bits per heavy atom. The van der Waals surface area contributed by atoms with Crippen LogP contribution in [0.25, 0.3) is 0 Å². The van der Waals surface area contributed by atoms with Gasteiger partial charge in [0.15, 0.2) is 0 Å². The smallest absolute Gasteiger partial charge is 0.307 e. The van der Waals surface area contributed by atoms with E-state index in [0.717, 1.165) is 33.5 Å². The normalized spacial score (nSPS) is 12.6. The van der Waals surface area contributed by atoms with Gasteiger partial charge in [-0.05, 0) is 60.4 Å². The van der Waals surface area contributed by atoms with Gasteiger partial charge in [0.25, 0.3) is 0 Å². The van der Waals surface area contributed by atoms with Gasteiger partial charge in [-0.3, -0.25) is 9.78 Å². The molecule has 1 aromatic heterocycles. The van der Waals surface area contributed by atoms with Gasteiger partial charge in [-0.2, -0.15) is 0 Å². The van der Waals surface area contributed by atoms with Crippen molar-refractivity contribution in [3.63, 3.8) is 0 Å². The lowest BCUT2D eigenvalue weighted by Crippen LogP contribution is -2.12. The van der Waals surface area contributed by atoms with E-state index >= 15 is 0 Å². The maximum atomic E-state index is 11.0. The summed E-state index contributed by atoms with van der Waals surface area (Å²) < 4.78 is 0. The summed E-state index contributed by atoms with van der Waals surface area (Å²) in [6, 6.07) is 17.0. The molecule has 5 nitrogen and oxygen atoms in total. The minimum Gasteiger partial charge on any atom is -0.481 e. The Morgan fingerprint density at radius 2 is 1.83 bits per heavy atom. The summed E-state index contributed by atoms with van der Waals surface area (Å²) in [6.07, 6.45) is 2.13. The molecular formula is C24H23ClN2O3. The SMILES string of the molecule is Cc1cc(/C(C[C@H](c2ccc(CC(=O)O)cc2)c2ccc(Cl)cc2C)=N/O)ccn1. The molecule has 0 bridgehead atoms. The first-order valence-corrected chi connectivity index (χ1v) is 9.96. The van der Waals surface area contributed by atoms with E-state index in [1.54, 1.807) is 6.20 Å². The zero-order valence-electron chi connectivity index (χ0n) is 16.8. The van der Waals surface area contributed by atoms with Crippen LogP contribution in [0.15, 0.2) is 65.9 Å². The Hall–Kier alpha value is -3.18. The summed E-state index contributed by atoms with van der Waals surface area (Å²) in [5.41, 5.74) is 6.03. The Bertz CT molecular complexity index is 1080. The third kappa shape index (κ3) is 5.24. The van der Waals surface area contributed by atoms with Crippen LogP contribution in [0.3, 0.4) is 0 Å². The number of carbonyl (C=O) groups is 1. The van der Waals surface area contributed by atoms with Crippen molar-refractivity contribution in [2.24, 2.45) is 5.16 Å². The van der Waals surface area contributed by atoms with Gasteiger partial charge in [0.1, 0.15) is 0 Å². The number of carboxylic acid groups (broad SMARTS) is 1. The molecule has 2 aromatic carbocycles.